The molecule has 0 saturated carbocycles. The zero-order valence-corrected chi connectivity index (χ0v) is 18.1. The molecule has 113 valence electrons. The molecule has 22 heavy (non-hydrogen) atoms. The van der Waals surface area contributed by atoms with Gasteiger partial charge in [-0.05, 0) is 35.3 Å². The monoisotopic (exact) mass is 387 g/mol. The van der Waals surface area contributed by atoms with Crippen LogP contribution in [0.2, 0.25) is 0 Å². The molecule has 0 spiro atoms. The van der Waals surface area contributed by atoms with Crippen LogP contribution in [0.3, 0.4) is 0 Å². The number of benzene rings is 2. The van der Waals surface area contributed by atoms with Crippen LogP contribution in [0.1, 0.15) is 24.5 Å². The Hall–Kier alpha value is -0.0300. The number of hydrogen-bond donors (Lipinski definition) is 0. The van der Waals surface area contributed by atoms with E-state index < -0.39 is 11.2 Å². The SMILES string of the molecule is CCC=C(c1ccccc1)c1ccc(Br)cc1.C[S+](C)[O-].[Na]. The second-order valence-corrected chi connectivity index (χ2v) is 7.04. The molecule has 0 aliphatic carbocycles. The van der Waals surface area contributed by atoms with Gasteiger partial charge in [-0.15, -0.1) is 0 Å². The van der Waals surface area contributed by atoms with Gasteiger partial charge >= 0.3 is 0 Å². The fourth-order valence-corrected chi connectivity index (χ4v) is 2.12. The molecule has 0 bridgehead atoms. The molecule has 0 aliphatic heterocycles. The summed E-state index contributed by atoms with van der Waals surface area (Å²) in [5.41, 5.74) is 3.85. The number of rotatable bonds is 3. The van der Waals surface area contributed by atoms with Gasteiger partial charge < -0.3 is 4.55 Å². The maximum absolute atomic E-state index is 9.56. The van der Waals surface area contributed by atoms with Crippen LogP contribution in [0.5, 0.6) is 0 Å². The van der Waals surface area contributed by atoms with Crippen molar-refractivity contribution < 1.29 is 4.55 Å². The molecule has 1 radical (unpaired) electrons. The smallest absolute Gasteiger partial charge is 0.0946 e. The zero-order valence-electron chi connectivity index (χ0n) is 13.7. The number of allylic oxidation sites excluding steroid dienone is 1. The predicted octanol–water partition coefficient (Wildman–Crippen LogP) is 4.90. The molecule has 0 amide bonds. The van der Waals surface area contributed by atoms with Gasteiger partial charge in [0.15, 0.2) is 0 Å². The number of halogens is 1. The van der Waals surface area contributed by atoms with Gasteiger partial charge in [0.1, 0.15) is 0 Å². The number of hydrogen-bond acceptors (Lipinski definition) is 1. The van der Waals surface area contributed by atoms with Gasteiger partial charge in [0.05, 0.1) is 12.5 Å². The summed E-state index contributed by atoms with van der Waals surface area (Å²) in [6, 6.07) is 19.0. The van der Waals surface area contributed by atoms with Crippen LogP contribution in [-0.4, -0.2) is 46.6 Å². The first-order chi connectivity index (χ1) is 10.0. The van der Waals surface area contributed by atoms with E-state index in [2.05, 4.69) is 83.5 Å². The average Bonchev–Trinajstić information content (AvgIpc) is 2.46. The third-order valence-electron chi connectivity index (χ3n) is 2.65. The van der Waals surface area contributed by atoms with Crippen LogP contribution < -0.4 is 0 Å². The molecule has 1 nitrogen and oxygen atoms in total. The van der Waals surface area contributed by atoms with E-state index in [1.807, 2.05) is 0 Å². The van der Waals surface area contributed by atoms with Crippen molar-refractivity contribution in [3.8, 4) is 0 Å². The van der Waals surface area contributed by atoms with Crippen molar-refractivity contribution in [2.24, 2.45) is 0 Å². The van der Waals surface area contributed by atoms with Crippen LogP contribution in [0.25, 0.3) is 5.57 Å². The minimum Gasteiger partial charge on any atom is -0.617 e. The van der Waals surface area contributed by atoms with Crippen LogP contribution in [0.4, 0.5) is 0 Å². The first-order valence-electron chi connectivity index (χ1n) is 6.81. The Morgan fingerprint density at radius 1 is 1.00 bits per heavy atom. The minimum atomic E-state index is -0.611. The topological polar surface area (TPSA) is 23.1 Å². The standard InChI is InChI=1S/C16H15Br.C2H6OS.Na/c1-2-6-16(13-7-4-3-5-8-13)14-9-11-15(17)12-10-14;1-4(2)3;/h3-12H,2H2,1H3;1-2H3;. The van der Waals surface area contributed by atoms with Gasteiger partial charge in [0.25, 0.3) is 0 Å². The Morgan fingerprint density at radius 3 is 1.91 bits per heavy atom. The van der Waals surface area contributed by atoms with Crippen molar-refractivity contribution >= 4 is 62.2 Å². The molecule has 0 aliphatic rings. The predicted molar refractivity (Wildman–Crippen MR) is 104 cm³/mol. The summed E-state index contributed by atoms with van der Waals surface area (Å²) in [6.45, 7) is 2.17. The van der Waals surface area contributed by atoms with Crippen molar-refractivity contribution in [3.63, 3.8) is 0 Å². The summed E-state index contributed by atoms with van der Waals surface area (Å²) >= 11 is 2.86. The molecular weight excluding hydrogens is 367 g/mol. The molecule has 0 atom stereocenters. The first kappa shape index (κ1) is 22.0. The Bertz CT molecular complexity index is 550. The van der Waals surface area contributed by atoms with E-state index >= 15 is 0 Å². The van der Waals surface area contributed by atoms with E-state index in [0.717, 1.165) is 10.9 Å². The Morgan fingerprint density at radius 2 is 1.45 bits per heavy atom. The maximum Gasteiger partial charge on any atom is 0.0946 e. The van der Waals surface area contributed by atoms with E-state index in [1.54, 1.807) is 12.5 Å². The molecule has 0 saturated heterocycles. The Balaban J connectivity index is 0.000000791. The first-order valence-corrected chi connectivity index (χ1v) is 9.57. The fourth-order valence-electron chi connectivity index (χ4n) is 1.85. The Labute approximate surface area is 167 Å². The summed E-state index contributed by atoms with van der Waals surface area (Å²) in [7, 11) is 0. The molecule has 4 heteroatoms. The van der Waals surface area contributed by atoms with Crippen LogP contribution in [0, 0.1) is 0 Å². The second-order valence-electron chi connectivity index (χ2n) is 4.64. The molecule has 0 aromatic heterocycles. The van der Waals surface area contributed by atoms with E-state index in [4.69, 9.17) is 0 Å². The van der Waals surface area contributed by atoms with E-state index in [-0.39, 0.29) is 29.6 Å². The van der Waals surface area contributed by atoms with Gasteiger partial charge in [-0.3, -0.25) is 0 Å². The van der Waals surface area contributed by atoms with Crippen molar-refractivity contribution in [2.75, 3.05) is 12.5 Å². The average molecular weight is 388 g/mol. The van der Waals surface area contributed by atoms with Crippen molar-refractivity contribution in [1.29, 1.82) is 0 Å². The fraction of sp³-hybridized carbons (Fsp3) is 0.222. The van der Waals surface area contributed by atoms with Crippen molar-refractivity contribution in [1.82, 2.24) is 0 Å². The molecular formula is C18H21BrNaOS. The Kier molecular flexibility index (Phi) is 12.4. The van der Waals surface area contributed by atoms with Crippen LogP contribution >= 0.6 is 15.9 Å². The van der Waals surface area contributed by atoms with Crippen LogP contribution in [0.15, 0.2) is 65.1 Å². The largest absolute Gasteiger partial charge is 0.617 e. The summed E-state index contributed by atoms with van der Waals surface area (Å²) in [4.78, 5) is 0. The van der Waals surface area contributed by atoms with Gasteiger partial charge in [0, 0.05) is 34.0 Å². The third-order valence-corrected chi connectivity index (χ3v) is 3.18. The van der Waals surface area contributed by atoms with Crippen molar-refractivity contribution in [3.05, 3.63) is 76.3 Å². The van der Waals surface area contributed by atoms with E-state index in [9.17, 15) is 4.55 Å². The van der Waals surface area contributed by atoms with Gasteiger partial charge in [-0.2, -0.15) is 0 Å². The quantitative estimate of drug-likeness (QED) is 0.542. The summed E-state index contributed by atoms with van der Waals surface area (Å²) in [5, 5.41) is 0. The van der Waals surface area contributed by atoms with Gasteiger partial charge in [-0.25, -0.2) is 0 Å². The second kappa shape index (κ2) is 12.4. The van der Waals surface area contributed by atoms with Gasteiger partial charge in [0.2, 0.25) is 0 Å². The third kappa shape index (κ3) is 8.56. The summed E-state index contributed by atoms with van der Waals surface area (Å²) < 4.78 is 10.7. The molecule has 0 N–H and O–H groups in total. The molecule has 2 aromatic rings. The van der Waals surface area contributed by atoms with Crippen LogP contribution in [-0.2, 0) is 11.2 Å². The summed E-state index contributed by atoms with van der Waals surface area (Å²) in [5.74, 6) is 0. The van der Waals surface area contributed by atoms with Gasteiger partial charge in [-0.1, -0.05) is 82.6 Å². The van der Waals surface area contributed by atoms with E-state index in [0.29, 0.717) is 0 Å². The molecule has 2 aromatic carbocycles. The molecule has 0 unspecified atom stereocenters. The molecule has 2 rings (SSSR count). The minimum absolute atomic E-state index is 0. The molecule has 0 heterocycles. The molecule has 0 fully saturated rings. The van der Waals surface area contributed by atoms with E-state index in [1.165, 1.54) is 16.7 Å². The van der Waals surface area contributed by atoms with Crippen molar-refractivity contribution in [2.45, 2.75) is 13.3 Å². The summed E-state index contributed by atoms with van der Waals surface area (Å²) in [6.07, 6.45) is 6.60. The normalized spacial score (nSPS) is 10.5. The zero-order chi connectivity index (χ0) is 15.7. The maximum atomic E-state index is 9.56.